The second-order valence-corrected chi connectivity index (χ2v) is 7.67. The molecule has 2 saturated heterocycles. The lowest BCUT2D eigenvalue weighted by Gasteiger charge is -2.42. The second kappa shape index (κ2) is 7.19. The summed E-state index contributed by atoms with van der Waals surface area (Å²) in [6, 6.07) is 2.17. The van der Waals surface area contributed by atoms with E-state index in [9.17, 15) is 18.4 Å². The minimum atomic E-state index is -0.912. The average Bonchev–Trinajstić information content (AvgIpc) is 3.30. The molecule has 3 fully saturated rings. The molecule has 1 saturated carbocycles. The zero-order valence-corrected chi connectivity index (χ0v) is 15.3. The number of nitrogens with zero attached hydrogens (tertiary/aromatic N) is 2. The Balaban J connectivity index is 1.69. The zero-order valence-electron chi connectivity index (χ0n) is 15.3. The van der Waals surface area contributed by atoms with Crippen LogP contribution in [0, 0.1) is 11.6 Å². The smallest absolute Gasteiger partial charge is 0.259 e. The lowest BCUT2D eigenvalue weighted by atomic mass is 9.89. The van der Waals surface area contributed by atoms with E-state index in [1.54, 1.807) is 4.90 Å². The van der Waals surface area contributed by atoms with Crippen LogP contribution in [0.15, 0.2) is 18.2 Å². The Hall–Kier alpha value is -2.02. The van der Waals surface area contributed by atoms with Crippen LogP contribution in [-0.2, 0) is 9.53 Å². The van der Waals surface area contributed by atoms with E-state index in [1.165, 1.54) is 4.90 Å². The van der Waals surface area contributed by atoms with Gasteiger partial charge in [0.1, 0.15) is 23.4 Å². The summed E-state index contributed by atoms with van der Waals surface area (Å²) in [6.07, 6.45) is 5.98. The van der Waals surface area contributed by atoms with Crippen LogP contribution in [-0.4, -0.2) is 53.1 Å². The van der Waals surface area contributed by atoms with Gasteiger partial charge in [0.25, 0.3) is 5.91 Å². The minimum absolute atomic E-state index is 0.129. The van der Waals surface area contributed by atoms with Crippen LogP contribution in [0.25, 0.3) is 0 Å². The van der Waals surface area contributed by atoms with Gasteiger partial charge in [-0.1, -0.05) is 6.42 Å². The van der Waals surface area contributed by atoms with Gasteiger partial charge in [0.2, 0.25) is 5.91 Å². The highest BCUT2D eigenvalue weighted by atomic mass is 19.1. The van der Waals surface area contributed by atoms with Gasteiger partial charge in [-0.15, -0.1) is 0 Å². The van der Waals surface area contributed by atoms with Crippen molar-refractivity contribution in [2.24, 2.45) is 0 Å². The number of halogens is 2. The SMILES string of the molecule is O=C([C@H]1COC2(CCCCC2)N1C(=O)c1ccc(F)cc1F)N1CCCC1. The van der Waals surface area contributed by atoms with Gasteiger partial charge in [-0.05, 0) is 50.7 Å². The first-order chi connectivity index (χ1) is 13.0. The molecule has 2 amide bonds. The molecular weight excluding hydrogens is 354 g/mol. The Kier molecular flexibility index (Phi) is 4.88. The minimum Gasteiger partial charge on any atom is -0.353 e. The second-order valence-electron chi connectivity index (χ2n) is 7.67. The van der Waals surface area contributed by atoms with Gasteiger partial charge >= 0.3 is 0 Å². The molecule has 4 rings (SSSR count). The molecule has 2 heterocycles. The van der Waals surface area contributed by atoms with Crippen molar-refractivity contribution in [1.29, 1.82) is 0 Å². The Morgan fingerprint density at radius 1 is 1.04 bits per heavy atom. The number of likely N-dealkylation sites (tertiary alicyclic amines) is 1. The Bertz CT molecular complexity index is 743. The Morgan fingerprint density at radius 2 is 1.74 bits per heavy atom. The highest BCUT2D eigenvalue weighted by molar-refractivity contribution is 5.98. The van der Waals surface area contributed by atoms with E-state index in [2.05, 4.69) is 0 Å². The van der Waals surface area contributed by atoms with Crippen molar-refractivity contribution in [3.63, 3.8) is 0 Å². The molecule has 1 aromatic carbocycles. The molecule has 7 heteroatoms. The summed E-state index contributed by atoms with van der Waals surface area (Å²) in [4.78, 5) is 29.6. The Labute approximate surface area is 157 Å². The number of carbonyl (C=O) groups is 2. The molecule has 3 aliphatic rings. The van der Waals surface area contributed by atoms with Crippen molar-refractivity contribution in [1.82, 2.24) is 9.80 Å². The molecule has 5 nitrogen and oxygen atoms in total. The normalized spacial score (nSPS) is 24.6. The molecule has 0 radical (unpaired) electrons. The number of rotatable bonds is 2. The molecule has 1 atom stereocenters. The maximum absolute atomic E-state index is 14.3. The van der Waals surface area contributed by atoms with Crippen LogP contribution < -0.4 is 0 Å². The summed E-state index contributed by atoms with van der Waals surface area (Å²) in [5.41, 5.74) is -1.08. The summed E-state index contributed by atoms with van der Waals surface area (Å²) >= 11 is 0. The van der Waals surface area contributed by atoms with Crippen LogP contribution in [0.4, 0.5) is 8.78 Å². The van der Waals surface area contributed by atoms with Gasteiger partial charge in [-0.3, -0.25) is 14.5 Å². The predicted octanol–water partition coefficient (Wildman–Crippen LogP) is 3.09. The molecule has 0 N–H and O–H groups in total. The predicted molar refractivity (Wildman–Crippen MR) is 93.9 cm³/mol. The summed E-state index contributed by atoms with van der Waals surface area (Å²) < 4.78 is 33.7. The molecule has 1 aromatic rings. The maximum Gasteiger partial charge on any atom is 0.259 e. The first-order valence-electron chi connectivity index (χ1n) is 9.73. The third kappa shape index (κ3) is 3.22. The third-order valence-corrected chi connectivity index (χ3v) is 5.98. The number of ether oxygens (including phenoxy) is 1. The molecule has 2 aliphatic heterocycles. The summed E-state index contributed by atoms with van der Waals surface area (Å²) in [6.45, 7) is 1.48. The largest absolute Gasteiger partial charge is 0.353 e. The van der Waals surface area contributed by atoms with Crippen LogP contribution in [0.3, 0.4) is 0 Å². The molecule has 0 unspecified atom stereocenters. The number of hydrogen-bond acceptors (Lipinski definition) is 3. The van der Waals surface area contributed by atoms with Crippen molar-refractivity contribution in [3.8, 4) is 0 Å². The van der Waals surface area contributed by atoms with Crippen molar-refractivity contribution in [3.05, 3.63) is 35.4 Å². The number of benzene rings is 1. The van der Waals surface area contributed by atoms with Crippen molar-refractivity contribution >= 4 is 11.8 Å². The quantitative estimate of drug-likeness (QED) is 0.795. The molecule has 27 heavy (non-hydrogen) atoms. The fraction of sp³-hybridized carbons (Fsp3) is 0.600. The monoisotopic (exact) mass is 378 g/mol. The highest BCUT2D eigenvalue weighted by Gasteiger charge is 2.54. The third-order valence-electron chi connectivity index (χ3n) is 5.98. The van der Waals surface area contributed by atoms with Gasteiger partial charge < -0.3 is 9.64 Å². The number of hydrogen-bond donors (Lipinski definition) is 0. The van der Waals surface area contributed by atoms with Gasteiger partial charge in [-0.25, -0.2) is 8.78 Å². The van der Waals surface area contributed by atoms with E-state index in [-0.39, 0.29) is 18.1 Å². The first-order valence-corrected chi connectivity index (χ1v) is 9.73. The van der Waals surface area contributed by atoms with E-state index < -0.39 is 29.3 Å². The van der Waals surface area contributed by atoms with Crippen LogP contribution in [0.2, 0.25) is 0 Å². The van der Waals surface area contributed by atoms with Gasteiger partial charge in [0, 0.05) is 19.2 Å². The van der Waals surface area contributed by atoms with Crippen molar-refractivity contribution in [2.45, 2.75) is 56.7 Å². The summed E-state index contributed by atoms with van der Waals surface area (Å²) in [5, 5.41) is 0. The molecule has 1 spiro atoms. The number of amides is 2. The number of carbonyl (C=O) groups excluding carboxylic acids is 2. The molecular formula is C20H24F2N2O3. The van der Waals surface area contributed by atoms with Crippen molar-refractivity contribution < 1.29 is 23.1 Å². The van der Waals surface area contributed by atoms with Crippen LogP contribution >= 0.6 is 0 Å². The maximum atomic E-state index is 14.3. The molecule has 1 aliphatic carbocycles. The van der Waals surface area contributed by atoms with Gasteiger partial charge in [-0.2, -0.15) is 0 Å². The fourth-order valence-corrected chi connectivity index (χ4v) is 4.60. The van der Waals surface area contributed by atoms with E-state index >= 15 is 0 Å². The van der Waals surface area contributed by atoms with Crippen LogP contribution in [0.1, 0.15) is 55.3 Å². The van der Waals surface area contributed by atoms with Crippen molar-refractivity contribution in [2.75, 3.05) is 19.7 Å². The van der Waals surface area contributed by atoms with Gasteiger partial charge in [0.05, 0.1) is 12.2 Å². The van der Waals surface area contributed by atoms with Gasteiger partial charge in [0.15, 0.2) is 0 Å². The average molecular weight is 378 g/mol. The summed E-state index contributed by atoms with van der Waals surface area (Å²) in [5.74, 6) is -2.38. The highest BCUT2D eigenvalue weighted by Crippen LogP contribution is 2.42. The summed E-state index contributed by atoms with van der Waals surface area (Å²) in [7, 11) is 0. The van der Waals surface area contributed by atoms with E-state index in [0.717, 1.165) is 44.2 Å². The molecule has 146 valence electrons. The van der Waals surface area contributed by atoms with E-state index in [0.29, 0.717) is 32.0 Å². The van der Waals surface area contributed by atoms with E-state index in [1.807, 2.05) is 0 Å². The standard InChI is InChI=1S/C20H24F2N2O3/c21-14-6-7-15(16(22)12-14)18(25)24-17(19(26)23-10-4-5-11-23)13-27-20(24)8-2-1-3-9-20/h6-7,12,17H,1-5,8-11,13H2/t17-/m1/s1. The Morgan fingerprint density at radius 3 is 2.41 bits per heavy atom. The zero-order chi connectivity index (χ0) is 19.0. The molecule has 0 bridgehead atoms. The fourth-order valence-electron chi connectivity index (χ4n) is 4.60. The first kappa shape index (κ1) is 18.3. The lowest BCUT2D eigenvalue weighted by Crippen LogP contribution is -2.56. The van der Waals surface area contributed by atoms with Crippen LogP contribution in [0.5, 0.6) is 0 Å². The topological polar surface area (TPSA) is 49.9 Å². The lowest BCUT2D eigenvalue weighted by molar-refractivity contribution is -0.136. The molecule has 0 aromatic heterocycles. The van der Waals surface area contributed by atoms with E-state index in [4.69, 9.17) is 4.74 Å².